The van der Waals surface area contributed by atoms with Gasteiger partial charge in [-0.25, -0.2) is 4.98 Å². The van der Waals surface area contributed by atoms with E-state index in [1.54, 1.807) is 7.11 Å². The third kappa shape index (κ3) is 3.23. The monoisotopic (exact) mass is 312 g/mol. The largest absolute Gasteiger partial charge is 0.497 e. The number of halogens is 1. The number of imidazole rings is 1. The highest BCUT2D eigenvalue weighted by Gasteiger charge is 2.15. The molecule has 1 aromatic carbocycles. The fraction of sp³-hybridized carbons (Fsp3) is 0.533. The summed E-state index contributed by atoms with van der Waals surface area (Å²) in [6.45, 7) is 4.43. The van der Waals surface area contributed by atoms with Gasteiger partial charge in [0.1, 0.15) is 11.6 Å². The Bertz CT molecular complexity index is 570. The van der Waals surface area contributed by atoms with Crippen LogP contribution in [0.4, 0.5) is 0 Å². The number of rotatable bonds is 7. The summed E-state index contributed by atoms with van der Waals surface area (Å²) in [5, 5.41) is 0. The van der Waals surface area contributed by atoms with Crippen LogP contribution in [0.15, 0.2) is 18.2 Å². The van der Waals surface area contributed by atoms with Gasteiger partial charge in [-0.1, -0.05) is 6.92 Å². The van der Waals surface area contributed by atoms with Crippen LogP contribution in [0.5, 0.6) is 5.75 Å². The molecular formula is C15H21ClN2OS. The minimum absolute atomic E-state index is 0.404. The molecule has 0 bridgehead atoms. The van der Waals surface area contributed by atoms with Crippen LogP contribution in [0.1, 0.15) is 32.1 Å². The molecule has 0 fully saturated rings. The first kappa shape index (κ1) is 15.5. The molecule has 5 heteroatoms. The van der Waals surface area contributed by atoms with E-state index in [0.717, 1.165) is 40.5 Å². The van der Waals surface area contributed by atoms with Gasteiger partial charge >= 0.3 is 0 Å². The summed E-state index contributed by atoms with van der Waals surface area (Å²) >= 11 is 8.03. The number of thioether (sulfide) groups is 1. The van der Waals surface area contributed by atoms with Crippen LogP contribution < -0.4 is 4.74 Å². The van der Waals surface area contributed by atoms with Crippen LogP contribution in [0, 0.1) is 0 Å². The van der Waals surface area contributed by atoms with Gasteiger partial charge in [0.25, 0.3) is 0 Å². The lowest BCUT2D eigenvalue weighted by Gasteiger charge is -2.16. The summed E-state index contributed by atoms with van der Waals surface area (Å²) < 4.78 is 7.52. The van der Waals surface area contributed by atoms with Crippen molar-refractivity contribution < 1.29 is 4.74 Å². The molecule has 1 unspecified atom stereocenters. The van der Waals surface area contributed by atoms with Gasteiger partial charge in [-0.2, -0.15) is 11.8 Å². The molecule has 0 saturated heterocycles. The Morgan fingerprint density at radius 2 is 2.25 bits per heavy atom. The number of nitrogens with zero attached hydrogens (tertiary/aromatic N) is 2. The number of fused-ring (bicyclic) bond motifs is 1. The van der Waals surface area contributed by atoms with Gasteiger partial charge < -0.3 is 9.30 Å². The topological polar surface area (TPSA) is 27.1 Å². The van der Waals surface area contributed by atoms with Crippen LogP contribution in [-0.4, -0.2) is 28.2 Å². The minimum Gasteiger partial charge on any atom is -0.497 e. The second-order valence-electron chi connectivity index (χ2n) is 4.72. The lowest BCUT2D eigenvalue weighted by atomic mass is 10.2. The SMILES string of the molecule is CCSCCC(C)n1c(CCl)nc2cc(OC)ccc21. The normalized spacial score (nSPS) is 12.8. The Balaban J connectivity index is 2.34. The van der Waals surface area contributed by atoms with Crippen molar-refractivity contribution in [1.82, 2.24) is 9.55 Å². The molecular weight excluding hydrogens is 292 g/mol. The molecule has 20 heavy (non-hydrogen) atoms. The molecule has 0 aliphatic carbocycles. The number of benzene rings is 1. The van der Waals surface area contributed by atoms with Crippen molar-refractivity contribution in [3.05, 3.63) is 24.0 Å². The van der Waals surface area contributed by atoms with Crippen molar-refractivity contribution in [3.8, 4) is 5.75 Å². The predicted octanol–water partition coefficient (Wildman–Crippen LogP) is 4.49. The van der Waals surface area contributed by atoms with Gasteiger partial charge in [0, 0.05) is 12.1 Å². The van der Waals surface area contributed by atoms with Gasteiger partial charge in [0.05, 0.1) is 24.0 Å². The van der Waals surface area contributed by atoms with E-state index < -0.39 is 0 Å². The Hall–Kier alpha value is -0.870. The summed E-state index contributed by atoms with van der Waals surface area (Å²) in [5.41, 5.74) is 2.09. The molecule has 0 radical (unpaired) electrons. The van der Waals surface area contributed by atoms with Gasteiger partial charge in [-0.3, -0.25) is 0 Å². The molecule has 0 aliphatic heterocycles. The Morgan fingerprint density at radius 1 is 1.45 bits per heavy atom. The summed E-state index contributed by atoms with van der Waals surface area (Å²) in [4.78, 5) is 4.63. The van der Waals surface area contributed by atoms with Crippen molar-refractivity contribution in [3.63, 3.8) is 0 Å². The van der Waals surface area contributed by atoms with E-state index in [4.69, 9.17) is 16.3 Å². The van der Waals surface area contributed by atoms with Gasteiger partial charge in [0.2, 0.25) is 0 Å². The van der Waals surface area contributed by atoms with Crippen LogP contribution >= 0.6 is 23.4 Å². The van der Waals surface area contributed by atoms with Gasteiger partial charge in [-0.05, 0) is 37.0 Å². The smallest absolute Gasteiger partial charge is 0.125 e. The Kier molecular flexibility index (Phi) is 5.61. The average Bonchev–Trinajstić information content (AvgIpc) is 2.84. The number of aromatic nitrogens is 2. The Morgan fingerprint density at radius 3 is 2.90 bits per heavy atom. The van der Waals surface area contributed by atoms with Gasteiger partial charge in [-0.15, -0.1) is 11.6 Å². The third-order valence-electron chi connectivity index (χ3n) is 3.41. The number of alkyl halides is 1. The maximum absolute atomic E-state index is 6.06. The quantitative estimate of drug-likeness (QED) is 0.557. The maximum Gasteiger partial charge on any atom is 0.125 e. The second kappa shape index (κ2) is 7.23. The molecule has 0 spiro atoms. The van der Waals surface area contributed by atoms with Crippen molar-refractivity contribution >= 4 is 34.4 Å². The highest BCUT2D eigenvalue weighted by molar-refractivity contribution is 7.99. The first-order chi connectivity index (χ1) is 9.71. The van der Waals surface area contributed by atoms with Crippen LogP contribution in [0.25, 0.3) is 11.0 Å². The first-order valence-electron chi connectivity index (χ1n) is 6.89. The lowest BCUT2D eigenvalue weighted by molar-refractivity contribution is 0.415. The van der Waals surface area contributed by atoms with E-state index in [2.05, 4.69) is 29.5 Å². The van der Waals surface area contributed by atoms with Crippen molar-refractivity contribution in [2.24, 2.45) is 0 Å². The zero-order chi connectivity index (χ0) is 14.5. The van der Waals surface area contributed by atoms with E-state index in [0.29, 0.717) is 11.9 Å². The summed E-state index contributed by atoms with van der Waals surface area (Å²) in [6, 6.07) is 6.42. The molecule has 1 aromatic heterocycles. The predicted molar refractivity (Wildman–Crippen MR) is 88.2 cm³/mol. The van der Waals surface area contributed by atoms with Crippen LogP contribution in [0.3, 0.4) is 0 Å². The third-order valence-corrected chi connectivity index (χ3v) is 4.59. The van der Waals surface area contributed by atoms with Crippen LogP contribution in [0.2, 0.25) is 0 Å². The van der Waals surface area contributed by atoms with E-state index in [-0.39, 0.29) is 0 Å². The fourth-order valence-electron chi connectivity index (χ4n) is 2.37. The van der Waals surface area contributed by atoms with E-state index >= 15 is 0 Å². The fourth-order valence-corrected chi connectivity index (χ4v) is 3.35. The zero-order valence-corrected chi connectivity index (χ0v) is 13.8. The van der Waals surface area contributed by atoms with Gasteiger partial charge in [0.15, 0.2) is 0 Å². The summed E-state index contributed by atoms with van der Waals surface area (Å²) in [5.74, 6) is 4.52. The van der Waals surface area contributed by atoms with E-state index in [1.165, 1.54) is 0 Å². The molecule has 3 nitrogen and oxygen atoms in total. The second-order valence-corrected chi connectivity index (χ2v) is 6.38. The van der Waals surface area contributed by atoms with Crippen molar-refractivity contribution in [2.45, 2.75) is 32.2 Å². The molecule has 1 atom stereocenters. The molecule has 1 heterocycles. The Labute approximate surface area is 129 Å². The average molecular weight is 313 g/mol. The molecule has 0 N–H and O–H groups in total. The maximum atomic E-state index is 6.06. The zero-order valence-electron chi connectivity index (χ0n) is 12.2. The summed E-state index contributed by atoms with van der Waals surface area (Å²) in [6.07, 6.45) is 1.12. The minimum atomic E-state index is 0.404. The number of hydrogen-bond acceptors (Lipinski definition) is 3. The molecule has 2 aromatic rings. The molecule has 110 valence electrons. The standard InChI is InChI=1S/C15H21ClN2OS/c1-4-20-8-7-11(2)18-14-6-5-12(19-3)9-13(14)17-15(18)10-16/h5-6,9,11H,4,7-8,10H2,1-3H3. The lowest BCUT2D eigenvalue weighted by Crippen LogP contribution is -2.09. The van der Waals surface area contributed by atoms with Crippen molar-refractivity contribution in [1.29, 1.82) is 0 Å². The van der Waals surface area contributed by atoms with E-state index in [1.807, 2.05) is 23.9 Å². The van der Waals surface area contributed by atoms with Crippen LogP contribution in [-0.2, 0) is 5.88 Å². The molecule has 0 saturated carbocycles. The molecule has 2 rings (SSSR count). The summed E-state index contributed by atoms with van der Waals surface area (Å²) in [7, 11) is 1.67. The van der Waals surface area contributed by atoms with E-state index in [9.17, 15) is 0 Å². The number of hydrogen-bond donors (Lipinski definition) is 0. The first-order valence-corrected chi connectivity index (χ1v) is 8.58. The highest BCUT2D eigenvalue weighted by Crippen LogP contribution is 2.27. The highest BCUT2D eigenvalue weighted by atomic mass is 35.5. The number of methoxy groups -OCH3 is 1. The van der Waals surface area contributed by atoms with Crippen molar-refractivity contribution in [2.75, 3.05) is 18.6 Å². The molecule has 0 aliphatic rings. The number of ether oxygens (including phenoxy) is 1. The molecule has 0 amide bonds.